The highest BCUT2D eigenvalue weighted by molar-refractivity contribution is 6.25. The molecule has 3 nitrogen and oxygen atoms in total. The summed E-state index contributed by atoms with van der Waals surface area (Å²) >= 11 is 5.29. The first-order chi connectivity index (χ1) is 4.57. The van der Waals surface area contributed by atoms with Gasteiger partial charge < -0.3 is 10.8 Å². The Kier molecular flexibility index (Phi) is 4.07. The monoisotopic (exact) mass is 163 g/mol. The predicted octanol–water partition coefficient (Wildman–Crippen LogP) is 0.931. The molecule has 1 atom stereocenters. The van der Waals surface area contributed by atoms with Crippen LogP contribution in [0.3, 0.4) is 0 Å². The molecule has 10 heavy (non-hydrogen) atoms. The zero-order valence-electron chi connectivity index (χ0n) is 5.67. The summed E-state index contributed by atoms with van der Waals surface area (Å²) in [5.41, 5.74) is 7.30. The predicted molar refractivity (Wildman–Crippen MR) is 39.8 cm³/mol. The first-order valence-electron chi connectivity index (χ1n) is 2.82. The Bertz CT molecular complexity index is 156. The van der Waals surface area contributed by atoms with Crippen LogP contribution in [0.2, 0.25) is 0 Å². The number of halogens is 1. The van der Waals surface area contributed by atoms with Gasteiger partial charge in [0.25, 0.3) is 0 Å². The molecule has 0 saturated heterocycles. The van der Waals surface area contributed by atoms with Crippen LogP contribution in [0.25, 0.3) is 0 Å². The van der Waals surface area contributed by atoms with E-state index in [0.29, 0.717) is 6.42 Å². The number of aliphatic carboxylic acids is 1. The molecule has 0 spiro atoms. The highest BCUT2D eigenvalue weighted by atomic mass is 35.5. The summed E-state index contributed by atoms with van der Waals surface area (Å²) in [6.07, 6.45) is 0.304. The summed E-state index contributed by atoms with van der Waals surface area (Å²) in [4.78, 5) is 10.2. The molecule has 0 fully saturated rings. The fraction of sp³-hybridized carbons (Fsp3) is 0.500. The minimum Gasteiger partial charge on any atom is -0.480 e. The van der Waals surface area contributed by atoms with Crippen LogP contribution >= 0.6 is 11.6 Å². The van der Waals surface area contributed by atoms with E-state index in [1.807, 2.05) is 0 Å². The quantitative estimate of drug-likeness (QED) is 0.651. The van der Waals surface area contributed by atoms with Crippen molar-refractivity contribution >= 4 is 17.6 Å². The topological polar surface area (TPSA) is 63.3 Å². The minimum atomic E-state index is -1.00. The number of hydrogen-bond donors (Lipinski definition) is 2. The lowest BCUT2D eigenvalue weighted by Crippen LogP contribution is -2.29. The second kappa shape index (κ2) is 4.30. The molecule has 3 N–H and O–H groups in total. The van der Waals surface area contributed by atoms with E-state index in [9.17, 15) is 4.79 Å². The first kappa shape index (κ1) is 9.46. The Morgan fingerprint density at radius 3 is 2.70 bits per heavy atom. The summed E-state index contributed by atoms with van der Waals surface area (Å²) in [6, 6.07) is -0.838. The number of nitrogens with two attached hydrogens (primary N) is 1. The van der Waals surface area contributed by atoms with Gasteiger partial charge in [-0.2, -0.15) is 0 Å². The summed E-state index contributed by atoms with van der Waals surface area (Å²) < 4.78 is 0. The third kappa shape index (κ3) is 3.48. The van der Waals surface area contributed by atoms with Gasteiger partial charge in [-0.15, -0.1) is 0 Å². The molecule has 0 aromatic heterocycles. The van der Waals surface area contributed by atoms with Crippen molar-refractivity contribution in [1.29, 1.82) is 0 Å². The maximum absolute atomic E-state index is 10.2. The van der Waals surface area contributed by atoms with Crippen molar-refractivity contribution in [3.05, 3.63) is 11.1 Å². The van der Waals surface area contributed by atoms with E-state index < -0.39 is 12.0 Å². The third-order valence-corrected chi connectivity index (χ3v) is 1.42. The zero-order valence-corrected chi connectivity index (χ0v) is 6.43. The van der Waals surface area contributed by atoms with E-state index in [1.165, 1.54) is 5.54 Å². The molecule has 0 radical (unpaired) electrons. The van der Waals surface area contributed by atoms with Gasteiger partial charge in [0.15, 0.2) is 0 Å². The van der Waals surface area contributed by atoms with Crippen molar-refractivity contribution in [2.75, 3.05) is 0 Å². The van der Waals surface area contributed by atoms with Crippen LogP contribution in [0, 0.1) is 0 Å². The number of rotatable bonds is 3. The van der Waals surface area contributed by atoms with Gasteiger partial charge >= 0.3 is 5.97 Å². The molecule has 0 unspecified atom stereocenters. The number of hydrogen-bond acceptors (Lipinski definition) is 2. The maximum atomic E-state index is 10.2. The smallest absolute Gasteiger partial charge is 0.320 e. The van der Waals surface area contributed by atoms with Crippen molar-refractivity contribution in [3.8, 4) is 0 Å². The molecule has 0 saturated carbocycles. The third-order valence-electron chi connectivity index (χ3n) is 1.05. The fourth-order valence-electron chi connectivity index (χ4n) is 0.479. The average molecular weight is 164 g/mol. The number of carboxylic acid groups (broad SMARTS) is 1. The molecule has 0 aliphatic rings. The lowest BCUT2D eigenvalue weighted by atomic mass is 10.1. The molecule has 0 heterocycles. The Morgan fingerprint density at radius 2 is 2.40 bits per heavy atom. The number of carbonyl (C=O) groups is 1. The Balaban J connectivity index is 3.80. The average Bonchev–Trinajstić information content (AvgIpc) is 1.87. The SMILES string of the molecule is C/C(=C\Cl)C[C@@H](N)C(=O)O. The lowest BCUT2D eigenvalue weighted by Gasteiger charge is -2.03. The van der Waals surface area contributed by atoms with Crippen molar-refractivity contribution in [2.45, 2.75) is 19.4 Å². The molecule has 0 amide bonds. The van der Waals surface area contributed by atoms with Gasteiger partial charge in [0, 0.05) is 5.54 Å². The molecule has 58 valence electrons. The van der Waals surface area contributed by atoms with E-state index in [2.05, 4.69) is 0 Å². The van der Waals surface area contributed by atoms with E-state index in [4.69, 9.17) is 22.4 Å². The van der Waals surface area contributed by atoms with Crippen LogP contribution in [-0.4, -0.2) is 17.1 Å². The van der Waals surface area contributed by atoms with Crippen molar-refractivity contribution < 1.29 is 9.90 Å². The standard InChI is InChI=1S/C6H10ClNO2/c1-4(3-7)2-5(8)6(9)10/h3,5H,2,8H2,1H3,(H,9,10)/b4-3+/t5-/m1/s1. The highest BCUT2D eigenvalue weighted by Gasteiger charge is 2.10. The van der Waals surface area contributed by atoms with Crippen molar-refractivity contribution in [3.63, 3.8) is 0 Å². The largest absolute Gasteiger partial charge is 0.480 e. The van der Waals surface area contributed by atoms with Crippen LogP contribution < -0.4 is 5.73 Å². The van der Waals surface area contributed by atoms with E-state index >= 15 is 0 Å². The molecule has 0 bridgehead atoms. The molecular weight excluding hydrogens is 154 g/mol. The van der Waals surface area contributed by atoms with E-state index in [1.54, 1.807) is 6.92 Å². The van der Waals surface area contributed by atoms with Gasteiger partial charge in [0.2, 0.25) is 0 Å². The van der Waals surface area contributed by atoms with Crippen LogP contribution in [0.15, 0.2) is 11.1 Å². The number of carboxylic acids is 1. The van der Waals surface area contributed by atoms with Gasteiger partial charge in [-0.3, -0.25) is 4.79 Å². The summed E-state index contributed by atoms with van der Waals surface area (Å²) in [5, 5.41) is 8.33. The highest BCUT2D eigenvalue weighted by Crippen LogP contribution is 2.03. The molecule has 4 heteroatoms. The lowest BCUT2D eigenvalue weighted by molar-refractivity contribution is -0.138. The van der Waals surface area contributed by atoms with Gasteiger partial charge in [-0.1, -0.05) is 17.2 Å². The van der Waals surface area contributed by atoms with E-state index in [-0.39, 0.29) is 0 Å². The molecule has 0 aliphatic carbocycles. The van der Waals surface area contributed by atoms with Crippen molar-refractivity contribution in [1.82, 2.24) is 0 Å². The fourth-order valence-corrected chi connectivity index (χ4v) is 0.568. The van der Waals surface area contributed by atoms with Gasteiger partial charge in [-0.05, 0) is 13.3 Å². The van der Waals surface area contributed by atoms with E-state index in [0.717, 1.165) is 5.57 Å². The summed E-state index contributed by atoms with van der Waals surface area (Å²) in [7, 11) is 0. The maximum Gasteiger partial charge on any atom is 0.320 e. The van der Waals surface area contributed by atoms with Gasteiger partial charge in [-0.25, -0.2) is 0 Å². The van der Waals surface area contributed by atoms with Crippen LogP contribution in [-0.2, 0) is 4.79 Å². The van der Waals surface area contributed by atoms with Crippen LogP contribution in [0.1, 0.15) is 13.3 Å². The van der Waals surface area contributed by atoms with Crippen molar-refractivity contribution in [2.24, 2.45) is 5.73 Å². The molecule has 0 aromatic rings. The second-order valence-corrected chi connectivity index (χ2v) is 2.32. The minimum absolute atomic E-state index is 0.304. The first-order valence-corrected chi connectivity index (χ1v) is 3.25. The molecule has 0 aromatic carbocycles. The molecular formula is C6H10ClNO2. The Morgan fingerprint density at radius 1 is 1.90 bits per heavy atom. The second-order valence-electron chi connectivity index (χ2n) is 2.10. The Labute approximate surface area is 64.5 Å². The Hall–Kier alpha value is -0.540. The molecule has 0 aliphatic heterocycles. The summed E-state index contributed by atoms with van der Waals surface area (Å²) in [6.45, 7) is 1.73. The van der Waals surface area contributed by atoms with Gasteiger partial charge in [0.1, 0.15) is 6.04 Å². The van der Waals surface area contributed by atoms with Crippen LogP contribution in [0.4, 0.5) is 0 Å². The summed E-state index contributed by atoms with van der Waals surface area (Å²) in [5.74, 6) is -1.00. The van der Waals surface area contributed by atoms with Gasteiger partial charge in [0.05, 0.1) is 0 Å². The molecule has 0 rings (SSSR count). The van der Waals surface area contributed by atoms with Crippen LogP contribution in [0.5, 0.6) is 0 Å². The zero-order chi connectivity index (χ0) is 8.15. The normalized spacial score (nSPS) is 14.9.